The fourth-order valence-corrected chi connectivity index (χ4v) is 3.68. The van der Waals surface area contributed by atoms with E-state index in [1.807, 2.05) is 19.3 Å². The van der Waals surface area contributed by atoms with E-state index in [2.05, 4.69) is 15.4 Å². The molecule has 0 bridgehead atoms. The second-order valence-electron chi connectivity index (χ2n) is 7.05. The van der Waals surface area contributed by atoms with Crippen molar-refractivity contribution >= 4 is 16.8 Å². The van der Waals surface area contributed by atoms with Gasteiger partial charge in [0, 0.05) is 41.9 Å². The van der Waals surface area contributed by atoms with Gasteiger partial charge < -0.3 is 15.0 Å². The number of hydrogen-bond donors (Lipinski definition) is 2. The normalized spacial score (nSPS) is 16.9. The summed E-state index contributed by atoms with van der Waals surface area (Å²) in [6.07, 6.45) is 5.38. The summed E-state index contributed by atoms with van der Waals surface area (Å²) in [7, 11) is 0. The van der Waals surface area contributed by atoms with Crippen molar-refractivity contribution in [3.05, 3.63) is 53.2 Å². The van der Waals surface area contributed by atoms with E-state index in [0.717, 1.165) is 47.4 Å². The number of carbonyl (C=O) groups is 1. The Kier molecular flexibility index (Phi) is 4.94. The van der Waals surface area contributed by atoms with Crippen LogP contribution in [0.5, 0.6) is 0 Å². The minimum absolute atomic E-state index is 0.0870. The van der Waals surface area contributed by atoms with Crippen molar-refractivity contribution in [2.75, 3.05) is 19.8 Å². The van der Waals surface area contributed by atoms with Gasteiger partial charge in [-0.15, -0.1) is 0 Å². The minimum Gasteiger partial charge on any atom is -0.381 e. The number of halogens is 1. The molecule has 7 heteroatoms. The Hall–Kier alpha value is -2.67. The van der Waals surface area contributed by atoms with Crippen molar-refractivity contribution in [2.24, 2.45) is 0 Å². The number of rotatable bonds is 6. The number of ether oxygens (including phenoxy) is 1. The van der Waals surface area contributed by atoms with Crippen LogP contribution in [-0.2, 0) is 22.5 Å². The number of nitrogens with one attached hydrogen (secondary N) is 2. The van der Waals surface area contributed by atoms with E-state index in [0.29, 0.717) is 18.9 Å². The molecule has 1 unspecified atom stereocenters. The Bertz CT molecular complexity index is 956. The molecular weight excluding hydrogens is 347 g/mol. The molecule has 0 radical (unpaired) electrons. The Balaban J connectivity index is 1.32. The topological polar surface area (TPSA) is 71.9 Å². The second-order valence-corrected chi connectivity index (χ2v) is 7.05. The average molecular weight is 370 g/mol. The molecule has 0 spiro atoms. The van der Waals surface area contributed by atoms with Gasteiger partial charge in [-0.25, -0.2) is 4.39 Å². The number of aromatic amines is 1. The minimum atomic E-state index is -0.256. The molecule has 2 aromatic heterocycles. The van der Waals surface area contributed by atoms with Crippen molar-refractivity contribution in [1.29, 1.82) is 0 Å². The van der Waals surface area contributed by atoms with Gasteiger partial charge in [0.2, 0.25) is 5.91 Å². The largest absolute Gasteiger partial charge is 0.381 e. The molecule has 1 amide bonds. The molecule has 1 aliphatic heterocycles. The zero-order valence-electron chi connectivity index (χ0n) is 15.3. The maximum absolute atomic E-state index is 13.5. The highest BCUT2D eigenvalue weighted by molar-refractivity contribution is 5.84. The van der Waals surface area contributed by atoms with Gasteiger partial charge in [0.15, 0.2) is 0 Å². The van der Waals surface area contributed by atoms with E-state index in [1.165, 1.54) is 12.1 Å². The predicted octanol–water partition coefficient (Wildman–Crippen LogP) is 2.67. The van der Waals surface area contributed by atoms with Crippen molar-refractivity contribution < 1.29 is 13.9 Å². The fourth-order valence-electron chi connectivity index (χ4n) is 3.68. The number of amides is 1. The lowest BCUT2D eigenvalue weighted by Crippen LogP contribution is -2.29. The number of aryl methyl sites for hydroxylation is 1. The fraction of sp³-hybridized carbons (Fsp3) is 0.400. The molecular formula is C20H23FN4O2. The summed E-state index contributed by atoms with van der Waals surface area (Å²) in [5.41, 5.74) is 4.07. The SMILES string of the molecule is Cc1[nH]c2ccc(F)cc2c1CCNC(=O)Cn1cc(C2CCOC2)cn1. The molecule has 142 valence electrons. The van der Waals surface area contributed by atoms with Crippen LogP contribution in [0.3, 0.4) is 0 Å². The van der Waals surface area contributed by atoms with Crippen LogP contribution in [-0.4, -0.2) is 40.4 Å². The summed E-state index contributed by atoms with van der Waals surface area (Å²) in [5.74, 6) is 0.0389. The highest BCUT2D eigenvalue weighted by atomic mass is 19.1. The molecule has 3 aromatic rings. The van der Waals surface area contributed by atoms with E-state index in [1.54, 1.807) is 10.7 Å². The molecule has 0 saturated carbocycles. The van der Waals surface area contributed by atoms with Crippen molar-refractivity contribution in [3.63, 3.8) is 0 Å². The standard InChI is InChI=1S/C20H23FN4O2/c1-13-17(18-8-16(21)2-3-19(18)24-13)4-6-22-20(26)11-25-10-15(9-23-25)14-5-7-27-12-14/h2-3,8-10,14,24H,4-7,11-12H2,1H3,(H,22,26). The zero-order valence-corrected chi connectivity index (χ0v) is 15.3. The molecule has 4 rings (SSSR count). The van der Waals surface area contributed by atoms with Crippen LogP contribution in [0.1, 0.15) is 29.2 Å². The molecule has 3 heterocycles. The molecule has 1 atom stereocenters. The third kappa shape index (κ3) is 3.88. The first kappa shape index (κ1) is 17.7. The first-order valence-corrected chi connectivity index (χ1v) is 9.23. The zero-order chi connectivity index (χ0) is 18.8. The van der Waals surface area contributed by atoms with Crippen LogP contribution in [0.25, 0.3) is 10.9 Å². The number of hydrogen-bond acceptors (Lipinski definition) is 3. The summed E-state index contributed by atoms with van der Waals surface area (Å²) >= 11 is 0. The molecule has 1 saturated heterocycles. The van der Waals surface area contributed by atoms with Crippen molar-refractivity contribution in [1.82, 2.24) is 20.1 Å². The van der Waals surface area contributed by atoms with Gasteiger partial charge in [0.1, 0.15) is 12.4 Å². The monoisotopic (exact) mass is 370 g/mol. The first-order valence-electron chi connectivity index (χ1n) is 9.23. The quantitative estimate of drug-likeness (QED) is 0.701. The third-order valence-electron chi connectivity index (χ3n) is 5.14. The summed E-state index contributed by atoms with van der Waals surface area (Å²) in [6, 6.07) is 4.72. The molecule has 1 aliphatic rings. The van der Waals surface area contributed by atoms with Crippen LogP contribution < -0.4 is 5.32 Å². The van der Waals surface area contributed by atoms with Crippen molar-refractivity contribution in [3.8, 4) is 0 Å². The lowest BCUT2D eigenvalue weighted by molar-refractivity contribution is -0.121. The first-order chi connectivity index (χ1) is 13.1. The van der Waals surface area contributed by atoms with Gasteiger partial charge in [0.05, 0.1) is 12.8 Å². The van der Waals surface area contributed by atoms with E-state index < -0.39 is 0 Å². The van der Waals surface area contributed by atoms with Crippen LogP contribution in [0, 0.1) is 12.7 Å². The Morgan fingerprint density at radius 1 is 1.48 bits per heavy atom. The highest BCUT2D eigenvalue weighted by Crippen LogP contribution is 2.24. The Morgan fingerprint density at radius 3 is 3.19 bits per heavy atom. The van der Waals surface area contributed by atoms with Crippen LogP contribution >= 0.6 is 0 Å². The molecule has 2 N–H and O–H groups in total. The van der Waals surface area contributed by atoms with Crippen LogP contribution in [0.15, 0.2) is 30.6 Å². The van der Waals surface area contributed by atoms with E-state index >= 15 is 0 Å². The van der Waals surface area contributed by atoms with Gasteiger partial charge in [0.25, 0.3) is 0 Å². The molecule has 27 heavy (non-hydrogen) atoms. The molecule has 1 fully saturated rings. The van der Waals surface area contributed by atoms with Gasteiger partial charge in [-0.05, 0) is 49.1 Å². The molecule has 1 aromatic carbocycles. The summed E-state index contributed by atoms with van der Waals surface area (Å²) in [6.45, 7) is 4.16. The average Bonchev–Trinajstić information content (AvgIpc) is 3.36. The Labute approximate surface area is 156 Å². The number of H-pyrrole nitrogens is 1. The smallest absolute Gasteiger partial charge is 0.241 e. The van der Waals surface area contributed by atoms with Gasteiger partial charge in [-0.1, -0.05) is 0 Å². The van der Waals surface area contributed by atoms with Crippen LogP contribution in [0.4, 0.5) is 4.39 Å². The number of fused-ring (bicyclic) bond motifs is 1. The highest BCUT2D eigenvalue weighted by Gasteiger charge is 2.19. The van der Waals surface area contributed by atoms with Crippen molar-refractivity contribution in [2.45, 2.75) is 32.2 Å². The predicted molar refractivity (Wildman–Crippen MR) is 100 cm³/mol. The van der Waals surface area contributed by atoms with Gasteiger partial charge in [-0.2, -0.15) is 5.10 Å². The summed E-state index contributed by atoms with van der Waals surface area (Å²) in [4.78, 5) is 15.5. The number of carbonyl (C=O) groups excluding carboxylic acids is 1. The maximum atomic E-state index is 13.5. The number of benzene rings is 1. The van der Waals surface area contributed by atoms with E-state index in [9.17, 15) is 9.18 Å². The second kappa shape index (κ2) is 7.52. The molecule has 6 nitrogen and oxygen atoms in total. The van der Waals surface area contributed by atoms with Gasteiger partial charge >= 0.3 is 0 Å². The van der Waals surface area contributed by atoms with E-state index in [4.69, 9.17) is 4.74 Å². The summed E-state index contributed by atoms with van der Waals surface area (Å²) < 4.78 is 20.6. The lowest BCUT2D eigenvalue weighted by atomic mass is 10.0. The van der Waals surface area contributed by atoms with E-state index in [-0.39, 0.29) is 18.3 Å². The van der Waals surface area contributed by atoms with Gasteiger partial charge in [-0.3, -0.25) is 9.48 Å². The maximum Gasteiger partial charge on any atom is 0.241 e. The molecule has 0 aliphatic carbocycles. The lowest BCUT2D eigenvalue weighted by Gasteiger charge is -2.06. The van der Waals surface area contributed by atoms with Crippen LogP contribution in [0.2, 0.25) is 0 Å². The third-order valence-corrected chi connectivity index (χ3v) is 5.14. The Morgan fingerprint density at radius 2 is 2.37 bits per heavy atom. The summed E-state index contributed by atoms with van der Waals surface area (Å²) in [5, 5.41) is 8.07. The number of aromatic nitrogens is 3. The number of nitrogens with zero attached hydrogens (tertiary/aromatic N) is 2.